The van der Waals surface area contributed by atoms with Gasteiger partial charge in [0.25, 0.3) is 0 Å². The van der Waals surface area contributed by atoms with Crippen molar-refractivity contribution in [2.24, 2.45) is 0 Å². The highest BCUT2D eigenvalue weighted by atomic mass is 16.2. The zero-order valence-corrected chi connectivity index (χ0v) is 14.9. The summed E-state index contributed by atoms with van der Waals surface area (Å²) in [6.07, 6.45) is 5.47. The molecule has 0 bridgehead atoms. The van der Waals surface area contributed by atoms with Crippen molar-refractivity contribution in [1.29, 1.82) is 0 Å². The van der Waals surface area contributed by atoms with Crippen LogP contribution in [0.15, 0.2) is 30.5 Å². The van der Waals surface area contributed by atoms with Crippen LogP contribution in [0, 0.1) is 6.92 Å². The van der Waals surface area contributed by atoms with Crippen molar-refractivity contribution >= 4 is 12.1 Å². The predicted molar refractivity (Wildman–Crippen MR) is 96.2 cm³/mol. The van der Waals surface area contributed by atoms with Gasteiger partial charge >= 0.3 is 6.03 Å². The average Bonchev–Trinajstić information content (AvgIpc) is 2.37. The van der Waals surface area contributed by atoms with Gasteiger partial charge in [0.1, 0.15) is 0 Å². The highest BCUT2D eigenvalue weighted by molar-refractivity contribution is 5.76. The highest BCUT2D eigenvalue weighted by Crippen LogP contribution is 2.28. The first-order valence-electron chi connectivity index (χ1n) is 8.25. The fourth-order valence-electron chi connectivity index (χ4n) is 3.63. The van der Waals surface area contributed by atoms with Gasteiger partial charge in [0, 0.05) is 23.3 Å². The van der Waals surface area contributed by atoms with Crippen LogP contribution in [0.3, 0.4) is 0 Å². The molecule has 2 amide bonds. The number of carbonyl (C=O) groups excluding carboxylic acids is 1. The molecule has 1 aromatic carbocycles. The SMILES string of the molecule is Cc1ccccc1/C=C/NC(=O)NC1CC(C)(C)NC(C)(C)C1. The molecule has 1 heterocycles. The zero-order chi connectivity index (χ0) is 17.1. The molecular weight excluding hydrogens is 286 g/mol. The smallest absolute Gasteiger partial charge is 0.318 e. The Morgan fingerprint density at radius 3 is 2.39 bits per heavy atom. The van der Waals surface area contributed by atoms with E-state index in [1.54, 1.807) is 6.20 Å². The largest absolute Gasteiger partial charge is 0.335 e. The molecule has 0 radical (unpaired) electrons. The molecule has 0 spiro atoms. The van der Waals surface area contributed by atoms with E-state index in [1.165, 1.54) is 5.56 Å². The molecular formula is C19H29N3O. The third kappa shape index (κ3) is 5.39. The van der Waals surface area contributed by atoms with E-state index in [0.717, 1.165) is 18.4 Å². The lowest BCUT2D eigenvalue weighted by atomic mass is 9.80. The molecule has 0 aliphatic carbocycles. The molecule has 4 heteroatoms. The van der Waals surface area contributed by atoms with Gasteiger partial charge < -0.3 is 16.0 Å². The molecule has 1 aromatic rings. The Hall–Kier alpha value is -1.81. The molecule has 126 valence electrons. The number of carbonyl (C=O) groups is 1. The molecule has 1 aliphatic rings. The number of benzene rings is 1. The maximum Gasteiger partial charge on any atom is 0.318 e. The second-order valence-electron chi connectivity index (χ2n) is 7.81. The van der Waals surface area contributed by atoms with E-state index in [2.05, 4.69) is 56.6 Å². The molecule has 4 nitrogen and oxygen atoms in total. The van der Waals surface area contributed by atoms with E-state index in [1.807, 2.05) is 24.3 Å². The summed E-state index contributed by atoms with van der Waals surface area (Å²) in [5.41, 5.74) is 2.35. The molecule has 2 rings (SSSR count). The quantitative estimate of drug-likeness (QED) is 0.798. The Balaban J connectivity index is 1.89. The monoisotopic (exact) mass is 315 g/mol. The summed E-state index contributed by atoms with van der Waals surface area (Å²) in [5, 5.41) is 9.52. The Morgan fingerprint density at radius 1 is 1.17 bits per heavy atom. The number of hydrogen-bond donors (Lipinski definition) is 3. The van der Waals surface area contributed by atoms with Crippen molar-refractivity contribution < 1.29 is 4.79 Å². The van der Waals surface area contributed by atoms with Crippen molar-refractivity contribution in [1.82, 2.24) is 16.0 Å². The molecule has 1 aliphatic heterocycles. The first-order chi connectivity index (χ1) is 10.7. The lowest BCUT2D eigenvalue weighted by Gasteiger charge is -2.46. The van der Waals surface area contributed by atoms with Crippen LogP contribution in [-0.2, 0) is 0 Å². The van der Waals surface area contributed by atoms with Crippen molar-refractivity contribution in [3.8, 4) is 0 Å². The normalized spacial score (nSPS) is 20.4. The van der Waals surface area contributed by atoms with Crippen LogP contribution in [-0.4, -0.2) is 23.2 Å². The minimum absolute atomic E-state index is 0.0245. The first-order valence-corrected chi connectivity index (χ1v) is 8.25. The van der Waals surface area contributed by atoms with Gasteiger partial charge in [0.05, 0.1) is 0 Å². The standard InChI is InChI=1S/C19H29N3O/c1-14-8-6-7-9-15(14)10-11-20-17(23)21-16-12-18(2,3)22-19(4,5)13-16/h6-11,16,22H,12-13H2,1-5H3,(H2,20,21,23)/b11-10+. The van der Waals surface area contributed by atoms with Crippen LogP contribution < -0.4 is 16.0 Å². The number of amides is 2. The molecule has 23 heavy (non-hydrogen) atoms. The highest BCUT2D eigenvalue weighted by Gasteiger charge is 2.38. The second-order valence-corrected chi connectivity index (χ2v) is 7.81. The number of hydrogen-bond acceptors (Lipinski definition) is 2. The van der Waals surface area contributed by atoms with Crippen LogP contribution in [0.1, 0.15) is 51.7 Å². The minimum atomic E-state index is -0.145. The Bertz CT molecular complexity index is 574. The molecule has 1 fully saturated rings. The molecule has 0 unspecified atom stereocenters. The predicted octanol–water partition coefficient (Wildman–Crippen LogP) is 3.57. The summed E-state index contributed by atoms with van der Waals surface area (Å²) in [5.74, 6) is 0. The molecule has 0 atom stereocenters. The molecule has 0 saturated carbocycles. The summed E-state index contributed by atoms with van der Waals surface area (Å²) in [4.78, 5) is 12.1. The summed E-state index contributed by atoms with van der Waals surface area (Å²) in [6.45, 7) is 10.8. The van der Waals surface area contributed by atoms with Gasteiger partial charge in [-0.25, -0.2) is 4.79 Å². The van der Waals surface area contributed by atoms with Crippen LogP contribution in [0.25, 0.3) is 6.08 Å². The van der Waals surface area contributed by atoms with Crippen molar-refractivity contribution in [2.45, 2.75) is 64.6 Å². The number of nitrogens with one attached hydrogen (secondary N) is 3. The van der Waals surface area contributed by atoms with E-state index in [4.69, 9.17) is 0 Å². The van der Waals surface area contributed by atoms with Gasteiger partial charge in [-0.3, -0.25) is 0 Å². The molecule has 0 aromatic heterocycles. The van der Waals surface area contributed by atoms with Crippen molar-refractivity contribution in [2.75, 3.05) is 0 Å². The molecule has 3 N–H and O–H groups in total. The maximum atomic E-state index is 12.1. The topological polar surface area (TPSA) is 53.2 Å². The number of aryl methyl sites for hydroxylation is 1. The van der Waals surface area contributed by atoms with Crippen molar-refractivity contribution in [3.05, 3.63) is 41.6 Å². The lowest BCUT2D eigenvalue weighted by molar-refractivity contribution is 0.148. The number of rotatable bonds is 3. The van der Waals surface area contributed by atoms with Gasteiger partial charge in [0.2, 0.25) is 0 Å². The third-order valence-electron chi connectivity index (χ3n) is 4.19. The van der Waals surface area contributed by atoms with Gasteiger partial charge in [-0.15, -0.1) is 0 Å². The Kier molecular flexibility index (Phi) is 5.15. The van der Waals surface area contributed by atoms with E-state index < -0.39 is 0 Å². The van der Waals surface area contributed by atoms with E-state index in [9.17, 15) is 4.79 Å². The maximum absolute atomic E-state index is 12.1. The zero-order valence-electron chi connectivity index (χ0n) is 14.9. The van der Waals surface area contributed by atoms with Gasteiger partial charge in [-0.2, -0.15) is 0 Å². The summed E-state index contributed by atoms with van der Waals surface area (Å²) < 4.78 is 0. The van der Waals surface area contributed by atoms with Crippen LogP contribution in [0.4, 0.5) is 4.79 Å². The summed E-state index contributed by atoms with van der Waals surface area (Å²) in [6, 6.07) is 8.11. The van der Waals surface area contributed by atoms with Gasteiger partial charge in [0.15, 0.2) is 0 Å². The number of piperidine rings is 1. The number of urea groups is 1. The van der Waals surface area contributed by atoms with Crippen LogP contribution in [0.2, 0.25) is 0 Å². The second kappa shape index (κ2) is 6.75. The first kappa shape index (κ1) is 17.5. The van der Waals surface area contributed by atoms with Crippen molar-refractivity contribution in [3.63, 3.8) is 0 Å². The Morgan fingerprint density at radius 2 is 1.78 bits per heavy atom. The minimum Gasteiger partial charge on any atom is -0.335 e. The summed E-state index contributed by atoms with van der Waals surface area (Å²) >= 11 is 0. The van der Waals surface area contributed by atoms with Gasteiger partial charge in [-0.1, -0.05) is 24.3 Å². The fourth-order valence-corrected chi connectivity index (χ4v) is 3.63. The van der Waals surface area contributed by atoms with Gasteiger partial charge in [-0.05, 0) is 64.7 Å². The van der Waals surface area contributed by atoms with E-state index in [0.29, 0.717) is 0 Å². The van der Waals surface area contributed by atoms with E-state index in [-0.39, 0.29) is 23.2 Å². The van der Waals surface area contributed by atoms with E-state index >= 15 is 0 Å². The lowest BCUT2D eigenvalue weighted by Crippen LogP contribution is -2.62. The van der Waals surface area contributed by atoms with Crippen LogP contribution >= 0.6 is 0 Å². The fraction of sp³-hybridized carbons (Fsp3) is 0.526. The molecule has 1 saturated heterocycles. The Labute approximate surface area is 139 Å². The van der Waals surface area contributed by atoms with Crippen LogP contribution in [0.5, 0.6) is 0 Å². The average molecular weight is 315 g/mol. The third-order valence-corrected chi connectivity index (χ3v) is 4.19. The summed E-state index contributed by atoms with van der Waals surface area (Å²) in [7, 11) is 0.